The van der Waals surface area contributed by atoms with E-state index in [9.17, 15) is 10.1 Å². The molecule has 0 atom stereocenters. The molecule has 0 saturated heterocycles. The van der Waals surface area contributed by atoms with Gasteiger partial charge in [-0.1, -0.05) is 11.6 Å². The number of pyridine rings is 1. The lowest BCUT2D eigenvalue weighted by Crippen LogP contribution is -2.06. The van der Waals surface area contributed by atoms with E-state index in [2.05, 4.69) is 4.98 Å². The second kappa shape index (κ2) is 7.44. The molecule has 0 radical (unpaired) electrons. The largest absolute Gasteiger partial charge is 0.493 e. The zero-order valence-corrected chi connectivity index (χ0v) is 11.8. The first-order valence-corrected chi connectivity index (χ1v) is 6.65. The third-order valence-corrected chi connectivity index (χ3v) is 2.80. The van der Waals surface area contributed by atoms with Gasteiger partial charge in [-0.25, -0.2) is 0 Å². The number of nitrogens with zero attached hydrogens (tertiary/aromatic N) is 2. The van der Waals surface area contributed by atoms with Crippen LogP contribution in [-0.2, 0) is 0 Å². The van der Waals surface area contributed by atoms with Gasteiger partial charge in [-0.2, -0.15) is 0 Å². The first kappa shape index (κ1) is 15.1. The summed E-state index contributed by atoms with van der Waals surface area (Å²) in [4.78, 5) is 13.8. The van der Waals surface area contributed by atoms with Gasteiger partial charge in [0.2, 0.25) is 5.75 Å². The quantitative estimate of drug-likeness (QED) is 0.444. The standard InChI is InChI=1S/C14H13ClN2O4/c15-11-4-6-12(7-5-11)20-9-2-10-21-13-3-1-8-16-14(13)17(18)19/h1,3-8H,2,9-10H2. The minimum atomic E-state index is -0.570. The summed E-state index contributed by atoms with van der Waals surface area (Å²) in [7, 11) is 0. The van der Waals surface area contributed by atoms with Gasteiger partial charge in [-0.15, -0.1) is 0 Å². The molecule has 110 valence electrons. The summed E-state index contributed by atoms with van der Waals surface area (Å²) in [5.74, 6) is 0.594. The molecule has 0 spiro atoms. The number of halogens is 1. The topological polar surface area (TPSA) is 74.5 Å². The Morgan fingerprint density at radius 1 is 1.14 bits per heavy atom. The average molecular weight is 309 g/mol. The number of nitro groups is 1. The van der Waals surface area contributed by atoms with Gasteiger partial charge in [0.25, 0.3) is 0 Å². The molecule has 0 amide bonds. The highest BCUT2D eigenvalue weighted by atomic mass is 35.5. The predicted molar refractivity (Wildman–Crippen MR) is 78.0 cm³/mol. The Bertz CT molecular complexity index is 604. The fraction of sp³-hybridized carbons (Fsp3) is 0.214. The van der Waals surface area contributed by atoms with Crippen molar-refractivity contribution in [2.75, 3.05) is 13.2 Å². The number of hydrogen-bond donors (Lipinski definition) is 0. The smallest absolute Gasteiger partial charge is 0.406 e. The summed E-state index contributed by atoms with van der Waals surface area (Å²) in [5.41, 5.74) is 0. The van der Waals surface area contributed by atoms with E-state index in [1.165, 1.54) is 12.3 Å². The van der Waals surface area contributed by atoms with Crippen molar-refractivity contribution >= 4 is 17.4 Å². The summed E-state index contributed by atoms with van der Waals surface area (Å²) in [6, 6.07) is 10.1. The molecule has 0 aliphatic rings. The summed E-state index contributed by atoms with van der Waals surface area (Å²) in [5, 5.41) is 11.4. The Balaban J connectivity index is 1.75. The summed E-state index contributed by atoms with van der Waals surface area (Å²) in [6.45, 7) is 0.746. The Hall–Kier alpha value is -2.34. The summed E-state index contributed by atoms with van der Waals surface area (Å²) in [6.07, 6.45) is 1.95. The van der Waals surface area contributed by atoms with Gasteiger partial charge in [0.1, 0.15) is 11.9 Å². The number of rotatable bonds is 7. The van der Waals surface area contributed by atoms with Crippen LogP contribution < -0.4 is 9.47 Å². The van der Waals surface area contributed by atoms with Crippen molar-refractivity contribution < 1.29 is 14.4 Å². The maximum absolute atomic E-state index is 10.8. The van der Waals surface area contributed by atoms with Crippen molar-refractivity contribution in [2.24, 2.45) is 0 Å². The zero-order valence-electron chi connectivity index (χ0n) is 11.1. The van der Waals surface area contributed by atoms with Crippen LogP contribution in [0.3, 0.4) is 0 Å². The van der Waals surface area contributed by atoms with E-state index in [1.807, 2.05) is 0 Å². The highest BCUT2D eigenvalue weighted by Crippen LogP contribution is 2.23. The Kier molecular flexibility index (Phi) is 5.34. The fourth-order valence-corrected chi connectivity index (χ4v) is 1.72. The Labute approximate surface area is 126 Å². The second-order valence-electron chi connectivity index (χ2n) is 4.09. The molecule has 21 heavy (non-hydrogen) atoms. The van der Waals surface area contributed by atoms with Crippen molar-refractivity contribution in [1.82, 2.24) is 4.98 Å². The minimum absolute atomic E-state index is 0.161. The van der Waals surface area contributed by atoms with E-state index in [4.69, 9.17) is 21.1 Å². The van der Waals surface area contributed by atoms with E-state index in [1.54, 1.807) is 30.3 Å². The van der Waals surface area contributed by atoms with E-state index in [0.717, 1.165) is 0 Å². The lowest BCUT2D eigenvalue weighted by atomic mass is 10.3. The highest BCUT2D eigenvalue weighted by Gasteiger charge is 2.14. The molecule has 0 aliphatic heterocycles. The van der Waals surface area contributed by atoms with Gasteiger partial charge in [-0.3, -0.25) is 0 Å². The van der Waals surface area contributed by atoms with Crippen LogP contribution in [0.2, 0.25) is 5.02 Å². The maximum Gasteiger partial charge on any atom is 0.406 e. The zero-order chi connectivity index (χ0) is 15.1. The van der Waals surface area contributed by atoms with Gasteiger partial charge in [0, 0.05) is 11.4 Å². The summed E-state index contributed by atoms with van der Waals surface area (Å²) >= 11 is 5.77. The van der Waals surface area contributed by atoms with Crippen LogP contribution in [0.4, 0.5) is 5.82 Å². The molecule has 0 aliphatic carbocycles. The van der Waals surface area contributed by atoms with Crippen LogP contribution in [0.1, 0.15) is 6.42 Å². The van der Waals surface area contributed by atoms with E-state index < -0.39 is 4.92 Å². The van der Waals surface area contributed by atoms with Crippen molar-refractivity contribution in [3.63, 3.8) is 0 Å². The first-order chi connectivity index (χ1) is 10.2. The number of hydrogen-bond acceptors (Lipinski definition) is 5. The molecular weight excluding hydrogens is 296 g/mol. The van der Waals surface area contributed by atoms with E-state index in [-0.39, 0.29) is 11.6 Å². The Morgan fingerprint density at radius 2 is 1.86 bits per heavy atom. The highest BCUT2D eigenvalue weighted by molar-refractivity contribution is 6.30. The second-order valence-corrected chi connectivity index (χ2v) is 4.52. The number of aromatic nitrogens is 1. The molecule has 1 aromatic heterocycles. The van der Waals surface area contributed by atoms with Crippen LogP contribution in [0.25, 0.3) is 0 Å². The van der Waals surface area contributed by atoms with Gasteiger partial charge in [0.05, 0.1) is 13.2 Å². The SMILES string of the molecule is O=[N+]([O-])c1ncccc1OCCCOc1ccc(Cl)cc1. The van der Waals surface area contributed by atoms with Crippen LogP contribution in [-0.4, -0.2) is 23.1 Å². The monoisotopic (exact) mass is 308 g/mol. The van der Waals surface area contributed by atoms with Crippen molar-refractivity contribution in [3.8, 4) is 11.5 Å². The molecule has 0 fully saturated rings. The third kappa shape index (κ3) is 4.61. The minimum Gasteiger partial charge on any atom is -0.493 e. The average Bonchev–Trinajstić information content (AvgIpc) is 2.49. The molecule has 0 saturated carbocycles. The predicted octanol–water partition coefficient (Wildman–Crippen LogP) is 3.49. The third-order valence-electron chi connectivity index (χ3n) is 2.55. The van der Waals surface area contributed by atoms with Crippen molar-refractivity contribution in [1.29, 1.82) is 0 Å². The lowest BCUT2D eigenvalue weighted by molar-refractivity contribution is -0.390. The maximum atomic E-state index is 10.8. The van der Waals surface area contributed by atoms with Crippen molar-refractivity contribution in [3.05, 3.63) is 57.7 Å². The molecular formula is C14H13ClN2O4. The molecule has 0 unspecified atom stereocenters. The molecule has 0 bridgehead atoms. The van der Waals surface area contributed by atoms with Gasteiger partial charge >= 0.3 is 5.82 Å². The number of ether oxygens (including phenoxy) is 2. The number of benzene rings is 1. The van der Waals surface area contributed by atoms with E-state index >= 15 is 0 Å². The van der Waals surface area contributed by atoms with E-state index in [0.29, 0.717) is 30.4 Å². The summed E-state index contributed by atoms with van der Waals surface area (Å²) < 4.78 is 10.8. The molecule has 1 heterocycles. The molecule has 1 aromatic carbocycles. The molecule has 2 rings (SSSR count). The van der Waals surface area contributed by atoms with Gasteiger partial charge in [-0.05, 0) is 46.3 Å². The molecule has 2 aromatic rings. The first-order valence-electron chi connectivity index (χ1n) is 6.27. The molecule has 7 heteroatoms. The molecule has 6 nitrogen and oxygen atoms in total. The van der Waals surface area contributed by atoms with Gasteiger partial charge < -0.3 is 19.6 Å². The Morgan fingerprint density at radius 3 is 2.57 bits per heavy atom. The van der Waals surface area contributed by atoms with Crippen LogP contribution >= 0.6 is 11.6 Å². The van der Waals surface area contributed by atoms with Crippen molar-refractivity contribution in [2.45, 2.75) is 6.42 Å². The van der Waals surface area contributed by atoms with Crippen LogP contribution in [0.15, 0.2) is 42.6 Å². The fourth-order valence-electron chi connectivity index (χ4n) is 1.59. The van der Waals surface area contributed by atoms with Crippen LogP contribution in [0.5, 0.6) is 11.5 Å². The normalized spacial score (nSPS) is 10.1. The molecule has 0 N–H and O–H groups in total. The van der Waals surface area contributed by atoms with Crippen LogP contribution in [0, 0.1) is 10.1 Å². The lowest BCUT2D eigenvalue weighted by Gasteiger charge is -2.08. The van der Waals surface area contributed by atoms with Gasteiger partial charge in [0.15, 0.2) is 0 Å².